The summed E-state index contributed by atoms with van der Waals surface area (Å²) >= 11 is 1.73. The molecule has 0 atom stereocenters. The maximum atomic E-state index is 12.9. The van der Waals surface area contributed by atoms with Crippen molar-refractivity contribution in [3.8, 4) is 10.4 Å². The van der Waals surface area contributed by atoms with Crippen LogP contribution in [0.3, 0.4) is 0 Å². The highest BCUT2D eigenvalue weighted by Crippen LogP contribution is 2.26. The van der Waals surface area contributed by atoms with Crippen LogP contribution >= 0.6 is 11.3 Å². The first-order chi connectivity index (χ1) is 13.2. The van der Waals surface area contributed by atoms with Crippen molar-refractivity contribution in [3.05, 3.63) is 47.3 Å². The Balaban J connectivity index is 1.31. The van der Waals surface area contributed by atoms with Crippen LogP contribution < -0.4 is 0 Å². The van der Waals surface area contributed by atoms with Crippen LogP contribution in [0.25, 0.3) is 10.4 Å². The quantitative estimate of drug-likeness (QED) is 0.795. The lowest BCUT2D eigenvalue weighted by Crippen LogP contribution is -2.49. The molecular weight excluding hydrogens is 356 g/mol. The Bertz CT molecular complexity index is 728. The summed E-state index contributed by atoms with van der Waals surface area (Å²) in [4.78, 5) is 18.7. The number of thiophene rings is 1. The van der Waals surface area contributed by atoms with Gasteiger partial charge in [0.1, 0.15) is 0 Å². The predicted octanol–water partition coefficient (Wildman–Crippen LogP) is 4.13. The van der Waals surface area contributed by atoms with Crippen LogP contribution in [0.5, 0.6) is 0 Å². The fourth-order valence-corrected chi connectivity index (χ4v) is 5.05. The van der Waals surface area contributed by atoms with Gasteiger partial charge in [0.25, 0.3) is 5.91 Å². The van der Waals surface area contributed by atoms with E-state index in [9.17, 15) is 4.79 Å². The molecular formula is C22H28N2O2S. The molecule has 0 bridgehead atoms. The van der Waals surface area contributed by atoms with Crippen LogP contribution in [-0.2, 0) is 4.74 Å². The lowest BCUT2D eigenvalue weighted by Gasteiger charge is -2.41. The molecule has 2 saturated heterocycles. The fourth-order valence-electron chi connectivity index (χ4n) is 4.31. The van der Waals surface area contributed by atoms with Crippen molar-refractivity contribution in [2.24, 2.45) is 0 Å². The van der Waals surface area contributed by atoms with Crippen LogP contribution in [0.4, 0.5) is 0 Å². The molecule has 1 amide bonds. The Morgan fingerprint density at radius 3 is 2.30 bits per heavy atom. The third kappa shape index (κ3) is 4.26. The Kier molecular flexibility index (Phi) is 5.91. The van der Waals surface area contributed by atoms with Gasteiger partial charge in [0.15, 0.2) is 0 Å². The first-order valence-electron chi connectivity index (χ1n) is 9.94. The summed E-state index contributed by atoms with van der Waals surface area (Å²) < 4.78 is 5.48. The maximum absolute atomic E-state index is 12.9. The summed E-state index contributed by atoms with van der Waals surface area (Å²) in [6.45, 7) is 3.98. The first kappa shape index (κ1) is 18.7. The van der Waals surface area contributed by atoms with Gasteiger partial charge in [-0.15, -0.1) is 11.3 Å². The van der Waals surface area contributed by atoms with Gasteiger partial charge < -0.3 is 14.5 Å². The molecule has 27 heavy (non-hydrogen) atoms. The second-order valence-corrected chi connectivity index (χ2v) is 8.50. The molecule has 0 radical (unpaired) electrons. The van der Waals surface area contributed by atoms with Gasteiger partial charge in [0, 0.05) is 49.8 Å². The number of hydrogen-bond donors (Lipinski definition) is 0. The number of hydrogen-bond acceptors (Lipinski definition) is 4. The number of methoxy groups -OCH3 is 1. The molecule has 0 unspecified atom stereocenters. The minimum Gasteiger partial charge on any atom is -0.381 e. The van der Waals surface area contributed by atoms with E-state index in [2.05, 4.69) is 34.5 Å². The molecule has 3 heterocycles. The lowest BCUT2D eigenvalue weighted by molar-refractivity contribution is 0.0145. The summed E-state index contributed by atoms with van der Waals surface area (Å²) in [5.74, 6) is 0.171. The molecule has 5 heteroatoms. The van der Waals surface area contributed by atoms with Crippen molar-refractivity contribution in [2.45, 2.75) is 37.8 Å². The number of carbonyl (C=O) groups excluding carboxylic acids is 1. The van der Waals surface area contributed by atoms with Gasteiger partial charge in [-0.05, 0) is 54.8 Å². The standard InChI is InChI=1S/C22H28N2O2S/c1-26-20-10-14-23(15-11-20)19-8-12-24(13-9-19)22(25)18-6-4-17(5-7-18)21-3-2-16-27-21/h2-7,16,19-20H,8-15H2,1H3. The summed E-state index contributed by atoms with van der Waals surface area (Å²) in [6.07, 6.45) is 4.85. The predicted molar refractivity (Wildman–Crippen MR) is 110 cm³/mol. The monoisotopic (exact) mass is 384 g/mol. The highest BCUT2D eigenvalue weighted by atomic mass is 32.1. The molecule has 144 valence electrons. The highest BCUT2D eigenvalue weighted by molar-refractivity contribution is 7.13. The van der Waals surface area contributed by atoms with Gasteiger partial charge in [-0.3, -0.25) is 4.79 Å². The third-order valence-electron chi connectivity index (χ3n) is 6.02. The average molecular weight is 385 g/mol. The fraction of sp³-hybridized carbons (Fsp3) is 0.500. The Hall–Kier alpha value is -1.69. The van der Waals surface area contributed by atoms with Crippen LogP contribution in [0, 0.1) is 0 Å². The normalized spacial score (nSPS) is 20.1. The van der Waals surface area contributed by atoms with Gasteiger partial charge in [-0.25, -0.2) is 0 Å². The van der Waals surface area contributed by atoms with Crippen molar-refractivity contribution in [1.29, 1.82) is 0 Å². The minimum absolute atomic E-state index is 0.171. The smallest absolute Gasteiger partial charge is 0.253 e. The topological polar surface area (TPSA) is 32.8 Å². The molecule has 1 aromatic carbocycles. The highest BCUT2D eigenvalue weighted by Gasteiger charge is 2.29. The molecule has 0 aliphatic carbocycles. The van der Waals surface area contributed by atoms with E-state index >= 15 is 0 Å². The van der Waals surface area contributed by atoms with Crippen LogP contribution in [0.15, 0.2) is 41.8 Å². The number of piperidine rings is 2. The molecule has 2 fully saturated rings. The van der Waals surface area contributed by atoms with Crippen molar-refractivity contribution in [2.75, 3.05) is 33.3 Å². The molecule has 4 rings (SSSR count). The molecule has 2 aromatic rings. The molecule has 0 N–H and O–H groups in total. The number of amides is 1. The van der Waals surface area contributed by atoms with Crippen molar-refractivity contribution >= 4 is 17.2 Å². The zero-order valence-corrected chi connectivity index (χ0v) is 16.8. The summed E-state index contributed by atoms with van der Waals surface area (Å²) in [5.41, 5.74) is 1.98. The Morgan fingerprint density at radius 2 is 1.70 bits per heavy atom. The van der Waals surface area contributed by atoms with Gasteiger partial charge in [-0.1, -0.05) is 18.2 Å². The van der Waals surface area contributed by atoms with E-state index in [0.29, 0.717) is 12.1 Å². The second-order valence-electron chi connectivity index (χ2n) is 7.55. The zero-order chi connectivity index (χ0) is 18.6. The van der Waals surface area contributed by atoms with E-state index in [-0.39, 0.29) is 5.91 Å². The van der Waals surface area contributed by atoms with Crippen LogP contribution in [-0.4, -0.2) is 61.1 Å². The van der Waals surface area contributed by atoms with Crippen LogP contribution in [0.1, 0.15) is 36.0 Å². The summed E-state index contributed by atoms with van der Waals surface area (Å²) in [6, 6.07) is 12.9. The van der Waals surface area contributed by atoms with Gasteiger partial charge >= 0.3 is 0 Å². The van der Waals surface area contributed by atoms with E-state index in [1.807, 2.05) is 24.1 Å². The van der Waals surface area contributed by atoms with E-state index in [1.165, 1.54) is 10.4 Å². The van der Waals surface area contributed by atoms with E-state index in [0.717, 1.165) is 57.4 Å². The van der Waals surface area contributed by atoms with E-state index in [1.54, 1.807) is 11.3 Å². The number of benzene rings is 1. The Labute approximate surface area is 165 Å². The number of carbonyl (C=O) groups is 1. The summed E-state index contributed by atoms with van der Waals surface area (Å²) in [5, 5.41) is 2.08. The lowest BCUT2D eigenvalue weighted by atomic mass is 9.98. The molecule has 0 spiro atoms. The molecule has 2 aliphatic rings. The molecule has 1 aromatic heterocycles. The van der Waals surface area contributed by atoms with Crippen molar-refractivity contribution in [3.63, 3.8) is 0 Å². The average Bonchev–Trinajstić information content (AvgIpc) is 3.28. The SMILES string of the molecule is COC1CCN(C2CCN(C(=O)c3ccc(-c4cccs4)cc3)CC2)CC1. The van der Waals surface area contributed by atoms with Crippen molar-refractivity contribution < 1.29 is 9.53 Å². The third-order valence-corrected chi connectivity index (χ3v) is 6.93. The maximum Gasteiger partial charge on any atom is 0.253 e. The van der Waals surface area contributed by atoms with Gasteiger partial charge in [0.05, 0.1) is 6.10 Å². The molecule has 0 saturated carbocycles. The zero-order valence-electron chi connectivity index (χ0n) is 16.0. The largest absolute Gasteiger partial charge is 0.381 e. The van der Waals surface area contributed by atoms with E-state index < -0.39 is 0 Å². The summed E-state index contributed by atoms with van der Waals surface area (Å²) in [7, 11) is 1.82. The number of ether oxygens (including phenoxy) is 1. The van der Waals surface area contributed by atoms with Gasteiger partial charge in [0.2, 0.25) is 0 Å². The van der Waals surface area contributed by atoms with Crippen molar-refractivity contribution in [1.82, 2.24) is 9.80 Å². The first-order valence-corrected chi connectivity index (χ1v) is 10.8. The number of rotatable bonds is 4. The second kappa shape index (κ2) is 8.55. The minimum atomic E-state index is 0.171. The molecule has 2 aliphatic heterocycles. The van der Waals surface area contributed by atoms with Crippen LogP contribution in [0.2, 0.25) is 0 Å². The van der Waals surface area contributed by atoms with Gasteiger partial charge in [-0.2, -0.15) is 0 Å². The van der Waals surface area contributed by atoms with E-state index in [4.69, 9.17) is 4.74 Å². The Morgan fingerprint density at radius 1 is 1.00 bits per heavy atom. The number of nitrogens with zero attached hydrogens (tertiary/aromatic N) is 2. The number of likely N-dealkylation sites (tertiary alicyclic amines) is 2. The molecule has 4 nitrogen and oxygen atoms in total.